The second kappa shape index (κ2) is 9.31. The van der Waals surface area contributed by atoms with Crippen molar-refractivity contribution in [3.8, 4) is 22.8 Å². The second-order valence-corrected chi connectivity index (χ2v) is 9.37. The van der Waals surface area contributed by atoms with Gasteiger partial charge in [-0.25, -0.2) is 18.6 Å². The number of halogens is 3. The molecular formula is C26H23ClF2N4O2. The van der Waals surface area contributed by atoms with E-state index in [2.05, 4.69) is 4.85 Å². The Hall–Kier alpha value is -3.44. The molecule has 5 rings (SSSR count). The van der Waals surface area contributed by atoms with E-state index in [9.17, 15) is 13.6 Å². The normalized spacial score (nSPS) is 19.3. The Labute approximate surface area is 206 Å². The largest absolute Gasteiger partial charge is 0.494 e. The number of hydrogen-bond donors (Lipinski definition) is 0. The van der Waals surface area contributed by atoms with Gasteiger partial charge >= 0.3 is 0 Å². The minimum atomic E-state index is -0.734. The van der Waals surface area contributed by atoms with Crippen LogP contribution in [-0.4, -0.2) is 29.8 Å². The molecule has 3 aromatic rings. The van der Waals surface area contributed by atoms with Gasteiger partial charge in [0.25, 0.3) is 5.56 Å². The molecule has 1 aliphatic carbocycles. The van der Waals surface area contributed by atoms with Crippen molar-refractivity contribution in [2.45, 2.75) is 25.7 Å². The number of nitrogens with zero attached hydrogens (tertiary/aromatic N) is 4. The molecule has 35 heavy (non-hydrogen) atoms. The Morgan fingerprint density at radius 2 is 1.91 bits per heavy atom. The van der Waals surface area contributed by atoms with E-state index in [1.165, 1.54) is 48.8 Å². The zero-order valence-electron chi connectivity index (χ0n) is 19.1. The molecule has 6 nitrogen and oxygen atoms in total. The predicted molar refractivity (Wildman–Crippen MR) is 131 cm³/mol. The molecule has 2 aliphatic rings. The topological polar surface area (TPSA) is 51.7 Å². The first-order valence-corrected chi connectivity index (χ1v) is 11.9. The van der Waals surface area contributed by atoms with Crippen LogP contribution in [-0.2, 0) is 0 Å². The fourth-order valence-corrected chi connectivity index (χ4v) is 5.53. The average Bonchev–Trinajstić information content (AvgIpc) is 3.33. The van der Waals surface area contributed by atoms with Crippen molar-refractivity contribution in [1.82, 2.24) is 9.55 Å². The van der Waals surface area contributed by atoms with E-state index < -0.39 is 17.2 Å². The minimum Gasteiger partial charge on any atom is -0.494 e. The third-order valence-electron chi connectivity index (χ3n) is 7.07. The monoisotopic (exact) mass is 496 g/mol. The summed E-state index contributed by atoms with van der Waals surface area (Å²) >= 11 is 6.59. The molecule has 1 saturated carbocycles. The van der Waals surface area contributed by atoms with Gasteiger partial charge < -0.3 is 9.64 Å². The van der Waals surface area contributed by atoms with Crippen LogP contribution in [0.4, 0.5) is 20.3 Å². The smallest absolute Gasteiger partial charge is 0.279 e. The van der Waals surface area contributed by atoms with Crippen molar-refractivity contribution in [1.29, 1.82) is 0 Å². The zero-order valence-corrected chi connectivity index (χ0v) is 19.9. The van der Waals surface area contributed by atoms with E-state index in [0.717, 1.165) is 38.1 Å². The Morgan fingerprint density at radius 3 is 2.63 bits per heavy atom. The van der Waals surface area contributed by atoms with Crippen LogP contribution in [0.15, 0.2) is 41.2 Å². The van der Waals surface area contributed by atoms with Gasteiger partial charge in [0.05, 0.1) is 19.4 Å². The maximum absolute atomic E-state index is 14.6. The summed E-state index contributed by atoms with van der Waals surface area (Å²) in [7, 11) is 1.35. The van der Waals surface area contributed by atoms with E-state index in [1.54, 1.807) is 0 Å². The number of piperidine rings is 1. The van der Waals surface area contributed by atoms with Crippen molar-refractivity contribution >= 4 is 23.1 Å². The third kappa shape index (κ3) is 4.14. The fraction of sp³-hybridized carbons (Fsp3) is 0.346. The molecule has 0 amide bonds. The van der Waals surface area contributed by atoms with Crippen molar-refractivity contribution in [3.05, 3.63) is 74.8 Å². The molecule has 0 radical (unpaired) electrons. The van der Waals surface area contributed by atoms with Gasteiger partial charge in [0.15, 0.2) is 17.4 Å². The maximum Gasteiger partial charge on any atom is 0.279 e. The molecule has 0 N–H and O–H groups in total. The summed E-state index contributed by atoms with van der Waals surface area (Å²) in [5.41, 5.74) is -0.277. The lowest BCUT2D eigenvalue weighted by Gasteiger charge is -2.36. The van der Waals surface area contributed by atoms with Crippen LogP contribution >= 0.6 is 11.6 Å². The molecule has 180 valence electrons. The summed E-state index contributed by atoms with van der Waals surface area (Å²) in [5, 5.41) is -0.0697. The van der Waals surface area contributed by atoms with Crippen LogP contribution in [0.1, 0.15) is 25.7 Å². The summed E-state index contributed by atoms with van der Waals surface area (Å²) in [6.07, 6.45) is 4.56. The van der Waals surface area contributed by atoms with Gasteiger partial charge in [0.1, 0.15) is 16.7 Å². The maximum atomic E-state index is 14.6. The van der Waals surface area contributed by atoms with E-state index >= 15 is 0 Å². The molecule has 1 aliphatic heterocycles. The first kappa shape index (κ1) is 23.3. The van der Waals surface area contributed by atoms with Crippen molar-refractivity contribution in [3.63, 3.8) is 0 Å². The van der Waals surface area contributed by atoms with Gasteiger partial charge in [-0.15, -0.1) is 0 Å². The number of hydrogen-bond acceptors (Lipinski definition) is 4. The number of ether oxygens (including phenoxy) is 1. The van der Waals surface area contributed by atoms with Crippen molar-refractivity contribution < 1.29 is 13.5 Å². The number of anilines is 1. The summed E-state index contributed by atoms with van der Waals surface area (Å²) < 4.78 is 35.3. The quantitative estimate of drug-likeness (QED) is 0.415. The van der Waals surface area contributed by atoms with Crippen molar-refractivity contribution in [2.24, 2.45) is 11.8 Å². The fourth-order valence-electron chi connectivity index (χ4n) is 5.29. The number of aromatic nitrogens is 2. The van der Waals surface area contributed by atoms with Gasteiger partial charge in [0.2, 0.25) is 5.69 Å². The first-order chi connectivity index (χ1) is 16.9. The van der Waals surface area contributed by atoms with Gasteiger partial charge in [-0.1, -0.05) is 36.6 Å². The van der Waals surface area contributed by atoms with Crippen LogP contribution in [0, 0.1) is 30.0 Å². The Balaban J connectivity index is 1.70. The van der Waals surface area contributed by atoms with Crippen LogP contribution < -0.4 is 15.2 Å². The molecule has 0 bridgehead atoms. The number of benzene rings is 2. The Morgan fingerprint density at radius 1 is 1.11 bits per heavy atom. The molecule has 2 fully saturated rings. The van der Waals surface area contributed by atoms with Crippen LogP contribution in [0.5, 0.6) is 5.75 Å². The lowest BCUT2D eigenvalue weighted by atomic mass is 9.89. The molecule has 1 saturated heterocycles. The second-order valence-electron chi connectivity index (χ2n) is 9.00. The summed E-state index contributed by atoms with van der Waals surface area (Å²) in [6.45, 7) is 8.60. The molecule has 9 heteroatoms. The highest BCUT2D eigenvalue weighted by molar-refractivity contribution is 6.32. The van der Waals surface area contributed by atoms with E-state index in [0.29, 0.717) is 17.7 Å². The molecule has 2 aromatic carbocycles. The van der Waals surface area contributed by atoms with E-state index in [1.807, 2.05) is 4.90 Å². The number of methoxy groups -OCH3 is 1. The lowest BCUT2D eigenvalue weighted by Crippen LogP contribution is -2.40. The predicted octanol–water partition coefficient (Wildman–Crippen LogP) is 6.02. The van der Waals surface area contributed by atoms with Gasteiger partial charge in [-0.3, -0.25) is 9.36 Å². The zero-order chi connectivity index (χ0) is 24.7. The first-order valence-electron chi connectivity index (χ1n) is 11.5. The van der Waals surface area contributed by atoms with Crippen LogP contribution in [0.25, 0.3) is 21.9 Å². The van der Waals surface area contributed by atoms with Gasteiger partial charge in [0, 0.05) is 24.7 Å². The summed E-state index contributed by atoms with van der Waals surface area (Å²) in [5.74, 6) is 0.287. The van der Waals surface area contributed by atoms with Crippen LogP contribution in [0.2, 0.25) is 5.02 Å². The Bertz CT molecular complexity index is 1400. The number of rotatable bonds is 4. The highest BCUT2D eigenvalue weighted by Gasteiger charge is 2.35. The minimum absolute atomic E-state index is 0.0194. The highest BCUT2D eigenvalue weighted by atomic mass is 35.5. The third-order valence-corrected chi connectivity index (χ3v) is 7.40. The molecule has 2 atom stereocenters. The number of fused-ring (bicyclic) bond motifs is 1. The standard InChI is InChI=1S/C26H23ClF2N4O2/c1-30-21-8-6-16(12-19(21)28)24-31-25(32-11-10-15-4-3-5-17(15)14-32)23(27)26(34)33(24)18-7-9-22(35-2)20(29)13-18/h6-9,12-13,15,17H,3-5,10-11,14H2,2H3. The molecular weight excluding hydrogens is 474 g/mol. The molecule has 1 aromatic heterocycles. The van der Waals surface area contributed by atoms with E-state index in [-0.39, 0.29) is 33.5 Å². The Kier molecular flexibility index (Phi) is 6.20. The van der Waals surface area contributed by atoms with Gasteiger partial charge in [-0.2, -0.15) is 0 Å². The SMILES string of the molecule is [C-]#[N+]c1ccc(-c2nc(N3CCC4CCCC4C3)c(Cl)c(=O)n2-c2ccc(OC)c(F)c2)cc1F. The van der Waals surface area contributed by atoms with Gasteiger partial charge in [-0.05, 0) is 42.9 Å². The summed E-state index contributed by atoms with van der Waals surface area (Å²) in [6, 6.07) is 8.08. The van der Waals surface area contributed by atoms with E-state index in [4.69, 9.17) is 27.9 Å². The average molecular weight is 497 g/mol. The molecule has 0 spiro atoms. The van der Waals surface area contributed by atoms with Crippen molar-refractivity contribution in [2.75, 3.05) is 25.1 Å². The summed E-state index contributed by atoms with van der Waals surface area (Å²) in [4.78, 5) is 23.5. The molecule has 2 heterocycles. The van der Waals surface area contributed by atoms with Crippen LogP contribution in [0.3, 0.4) is 0 Å². The lowest BCUT2D eigenvalue weighted by molar-refractivity contribution is 0.322. The molecule has 2 unspecified atom stereocenters. The highest BCUT2D eigenvalue weighted by Crippen LogP contribution is 2.40.